The molecule has 0 fully saturated rings. The van der Waals surface area contributed by atoms with Gasteiger partial charge >= 0.3 is 0 Å². The number of aryl methyl sites for hydroxylation is 1. The Morgan fingerprint density at radius 2 is 1.65 bits per heavy atom. The first-order chi connectivity index (χ1) is 10.9. The molecule has 0 spiro atoms. The minimum Gasteiger partial charge on any atom is -0.507 e. The molecule has 2 N–H and O–H groups in total. The van der Waals surface area contributed by atoms with Crippen LogP contribution < -0.4 is 9.47 Å². The standard InChI is InChI=1S/C18H20O5/c1-11-7-4-5-9-15(11)22-18(13(3)20)23-16-10-6-8-14(21)17(16)12(2)19/h4-10,13,18,20-21H,1-3H3. The van der Waals surface area contributed by atoms with E-state index < -0.39 is 12.4 Å². The molecule has 0 aliphatic heterocycles. The van der Waals surface area contributed by atoms with Gasteiger partial charge in [0.15, 0.2) is 5.78 Å². The normalized spacial score (nSPS) is 13.2. The van der Waals surface area contributed by atoms with Gasteiger partial charge in [0.25, 0.3) is 6.29 Å². The molecule has 23 heavy (non-hydrogen) atoms. The number of carbonyl (C=O) groups excluding carboxylic acids is 1. The van der Waals surface area contributed by atoms with Crippen LogP contribution in [0.3, 0.4) is 0 Å². The van der Waals surface area contributed by atoms with Crippen LogP contribution in [0.15, 0.2) is 42.5 Å². The first-order valence-corrected chi connectivity index (χ1v) is 7.30. The number of aliphatic hydroxyl groups is 1. The molecule has 2 atom stereocenters. The van der Waals surface area contributed by atoms with E-state index in [4.69, 9.17) is 9.47 Å². The predicted octanol–water partition coefficient (Wildman–Crippen LogP) is 3.07. The van der Waals surface area contributed by atoms with E-state index >= 15 is 0 Å². The number of aromatic hydroxyl groups is 1. The van der Waals surface area contributed by atoms with Gasteiger partial charge in [0, 0.05) is 0 Å². The van der Waals surface area contributed by atoms with Gasteiger partial charge in [-0.2, -0.15) is 0 Å². The minimum atomic E-state index is -1.02. The van der Waals surface area contributed by atoms with Crippen LogP contribution in [0.2, 0.25) is 0 Å². The Balaban J connectivity index is 2.29. The summed E-state index contributed by atoms with van der Waals surface area (Å²) in [5.41, 5.74) is 0.955. The summed E-state index contributed by atoms with van der Waals surface area (Å²) in [6, 6.07) is 11.9. The van der Waals surface area contributed by atoms with Crippen molar-refractivity contribution in [2.75, 3.05) is 0 Å². The number of ether oxygens (including phenoxy) is 2. The summed E-state index contributed by atoms with van der Waals surface area (Å²) in [6.45, 7) is 4.74. The van der Waals surface area contributed by atoms with Gasteiger partial charge in [-0.05, 0) is 44.5 Å². The van der Waals surface area contributed by atoms with Crippen molar-refractivity contribution >= 4 is 5.78 Å². The maximum absolute atomic E-state index is 11.7. The molecule has 2 aromatic rings. The molecule has 2 unspecified atom stereocenters. The molecular weight excluding hydrogens is 296 g/mol. The van der Waals surface area contributed by atoms with E-state index in [0.717, 1.165) is 5.56 Å². The van der Waals surface area contributed by atoms with Gasteiger partial charge < -0.3 is 19.7 Å². The highest BCUT2D eigenvalue weighted by molar-refractivity contribution is 5.99. The number of benzene rings is 2. The lowest BCUT2D eigenvalue weighted by Gasteiger charge is -2.24. The fourth-order valence-corrected chi connectivity index (χ4v) is 2.13. The fourth-order valence-electron chi connectivity index (χ4n) is 2.13. The molecule has 0 bridgehead atoms. The van der Waals surface area contributed by atoms with Crippen molar-refractivity contribution in [2.24, 2.45) is 0 Å². The van der Waals surface area contributed by atoms with E-state index in [1.807, 2.05) is 25.1 Å². The Hall–Kier alpha value is -2.53. The molecule has 0 radical (unpaired) electrons. The molecule has 2 rings (SSSR count). The van der Waals surface area contributed by atoms with Crippen molar-refractivity contribution in [3.05, 3.63) is 53.6 Å². The van der Waals surface area contributed by atoms with E-state index in [2.05, 4.69) is 0 Å². The molecule has 122 valence electrons. The quantitative estimate of drug-likeness (QED) is 0.633. The van der Waals surface area contributed by atoms with E-state index in [0.29, 0.717) is 5.75 Å². The molecule has 5 heteroatoms. The highest BCUT2D eigenvalue weighted by Crippen LogP contribution is 2.30. The molecule has 2 aromatic carbocycles. The molecule has 0 aromatic heterocycles. The predicted molar refractivity (Wildman–Crippen MR) is 86.0 cm³/mol. The maximum atomic E-state index is 11.7. The minimum absolute atomic E-state index is 0.0616. The van der Waals surface area contributed by atoms with Crippen LogP contribution in [0, 0.1) is 6.92 Å². The van der Waals surface area contributed by atoms with Crippen LogP contribution in [0.1, 0.15) is 29.8 Å². The van der Waals surface area contributed by atoms with Crippen LogP contribution in [-0.2, 0) is 0 Å². The van der Waals surface area contributed by atoms with Crippen LogP contribution >= 0.6 is 0 Å². The summed E-state index contributed by atoms with van der Waals surface area (Å²) in [7, 11) is 0. The van der Waals surface area contributed by atoms with Crippen LogP contribution in [-0.4, -0.2) is 28.4 Å². The number of phenols is 1. The third-order valence-corrected chi connectivity index (χ3v) is 3.33. The second-order valence-electron chi connectivity index (χ2n) is 5.32. The summed E-state index contributed by atoms with van der Waals surface area (Å²) in [6.07, 6.45) is -1.97. The van der Waals surface area contributed by atoms with Crippen molar-refractivity contribution in [3.8, 4) is 17.2 Å². The smallest absolute Gasteiger partial charge is 0.266 e. The van der Waals surface area contributed by atoms with Gasteiger partial charge in [-0.15, -0.1) is 0 Å². The van der Waals surface area contributed by atoms with Crippen LogP contribution in [0.4, 0.5) is 0 Å². The SMILES string of the molecule is CC(=O)c1c(O)cccc1OC(Oc1ccccc1C)C(C)O. The largest absolute Gasteiger partial charge is 0.507 e. The second kappa shape index (κ2) is 7.15. The van der Waals surface area contributed by atoms with Gasteiger partial charge in [-0.3, -0.25) is 4.79 Å². The lowest BCUT2D eigenvalue weighted by atomic mass is 10.1. The lowest BCUT2D eigenvalue weighted by Crippen LogP contribution is -2.35. The Morgan fingerprint density at radius 1 is 1.04 bits per heavy atom. The Labute approximate surface area is 135 Å². The summed E-state index contributed by atoms with van der Waals surface area (Å²) < 4.78 is 11.4. The number of phenolic OH excluding ortho intramolecular Hbond substituents is 1. The molecule has 5 nitrogen and oxygen atoms in total. The zero-order chi connectivity index (χ0) is 17.0. The third kappa shape index (κ3) is 4.02. The molecule has 0 heterocycles. The summed E-state index contributed by atoms with van der Waals surface area (Å²) >= 11 is 0. The number of para-hydroxylation sites is 1. The maximum Gasteiger partial charge on any atom is 0.266 e. The topological polar surface area (TPSA) is 76.0 Å². The van der Waals surface area contributed by atoms with E-state index in [1.165, 1.54) is 19.9 Å². The number of rotatable bonds is 6. The van der Waals surface area contributed by atoms with Crippen molar-refractivity contribution in [1.29, 1.82) is 0 Å². The van der Waals surface area contributed by atoms with Gasteiger partial charge in [0.05, 0.1) is 0 Å². The van der Waals surface area contributed by atoms with Crippen molar-refractivity contribution in [2.45, 2.75) is 33.2 Å². The molecule has 0 saturated carbocycles. The lowest BCUT2D eigenvalue weighted by molar-refractivity contribution is -0.0783. The second-order valence-corrected chi connectivity index (χ2v) is 5.32. The molecule has 0 aliphatic carbocycles. The summed E-state index contributed by atoms with van der Waals surface area (Å²) in [5, 5.41) is 19.8. The number of carbonyl (C=O) groups is 1. The number of Topliss-reactive ketones (excluding diaryl/α,β-unsaturated/α-hetero) is 1. The van der Waals surface area contributed by atoms with Crippen molar-refractivity contribution in [1.82, 2.24) is 0 Å². The average molecular weight is 316 g/mol. The van der Waals surface area contributed by atoms with E-state index in [1.54, 1.807) is 18.2 Å². The Bertz CT molecular complexity index is 694. The Morgan fingerprint density at radius 3 is 2.26 bits per heavy atom. The monoisotopic (exact) mass is 316 g/mol. The van der Waals surface area contributed by atoms with Gasteiger partial charge in [-0.1, -0.05) is 24.3 Å². The van der Waals surface area contributed by atoms with E-state index in [9.17, 15) is 15.0 Å². The number of aliphatic hydroxyl groups excluding tert-OH is 1. The zero-order valence-corrected chi connectivity index (χ0v) is 13.3. The summed E-state index contributed by atoms with van der Waals surface area (Å²) in [4.78, 5) is 11.7. The summed E-state index contributed by atoms with van der Waals surface area (Å²) in [5.74, 6) is 0.230. The average Bonchev–Trinajstić information content (AvgIpc) is 2.48. The van der Waals surface area contributed by atoms with Gasteiger partial charge in [0.2, 0.25) is 0 Å². The first kappa shape index (κ1) is 16.8. The highest BCUT2D eigenvalue weighted by Gasteiger charge is 2.23. The number of ketones is 1. The zero-order valence-electron chi connectivity index (χ0n) is 13.3. The Kier molecular flexibility index (Phi) is 5.24. The fraction of sp³-hybridized carbons (Fsp3) is 0.278. The van der Waals surface area contributed by atoms with Crippen molar-refractivity contribution in [3.63, 3.8) is 0 Å². The number of hydrogen-bond donors (Lipinski definition) is 2. The van der Waals surface area contributed by atoms with Gasteiger partial charge in [-0.25, -0.2) is 0 Å². The molecule has 0 aliphatic rings. The van der Waals surface area contributed by atoms with Crippen LogP contribution in [0.5, 0.6) is 17.2 Å². The molecular formula is C18H20O5. The highest BCUT2D eigenvalue weighted by atomic mass is 16.7. The molecule has 0 saturated heterocycles. The van der Waals surface area contributed by atoms with Crippen LogP contribution in [0.25, 0.3) is 0 Å². The first-order valence-electron chi connectivity index (χ1n) is 7.30. The van der Waals surface area contributed by atoms with Crippen molar-refractivity contribution < 1.29 is 24.5 Å². The molecule has 0 amide bonds. The third-order valence-electron chi connectivity index (χ3n) is 3.33. The van der Waals surface area contributed by atoms with E-state index in [-0.39, 0.29) is 22.8 Å². The van der Waals surface area contributed by atoms with Gasteiger partial charge in [0.1, 0.15) is 28.9 Å². The number of hydrogen-bond acceptors (Lipinski definition) is 5.